The lowest BCUT2D eigenvalue weighted by atomic mass is 10.1. The fourth-order valence-electron chi connectivity index (χ4n) is 2.04. The van der Waals surface area contributed by atoms with Crippen molar-refractivity contribution < 1.29 is 4.79 Å². The monoisotopic (exact) mass is 366 g/mol. The first kappa shape index (κ1) is 16.2. The maximum atomic E-state index is 12.3. The van der Waals surface area contributed by atoms with Crippen LogP contribution in [0.15, 0.2) is 40.2 Å². The second kappa shape index (κ2) is 7.20. The molecule has 112 valence electrons. The smallest absolute Gasteiger partial charge is 0.251 e. The number of amides is 1. The van der Waals surface area contributed by atoms with Gasteiger partial charge in [0.15, 0.2) is 0 Å². The lowest BCUT2D eigenvalue weighted by Crippen LogP contribution is -2.34. The van der Waals surface area contributed by atoms with Crippen LogP contribution in [-0.4, -0.2) is 31.4 Å². The van der Waals surface area contributed by atoms with Gasteiger partial charge in [-0.15, -0.1) is 11.3 Å². The molecule has 1 heterocycles. The van der Waals surface area contributed by atoms with Gasteiger partial charge in [0.1, 0.15) is 0 Å². The van der Waals surface area contributed by atoms with Gasteiger partial charge in [-0.2, -0.15) is 0 Å². The molecule has 0 radical (unpaired) electrons. The summed E-state index contributed by atoms with van der Waals surface area (Å²) in [6, 6.07) is 10.00. The van der Waals surface area contributed by atoms with Gasteiger partial charge in [-0.1, -0.05) is 28.1 Å². The Morgan fingerprint density at radius 3 is 2.71 bits per heavy atom. The van der Waals surface area contributed by atoms with Gasteiger partial charge < -0.3 is 10.2 Å². The molecule has 3 nitrogen and oxygen atoms in total. The van der Waals surface area contributed by atoms with Gasteiger partial charge in [0, 0.05) is 21.5 Å². The van der Waals surface area contributed by atoms with E-state index in [-0.39, 0.29) is 11.9 Å². The Hall–Kier alpha value is -1.17. The Kier molecular flexibility index (Phi) is 5.56. The Morgan fingerprint density at radius 2 is 2.14 bits per heavy atom. The Balaban J connectivity index is 2.03. The highest BCUT2D eigenvalue weighted by Gasteiger charge is 2.16. The van der Waals surface area contributed by atoms with Crippen molar-refractivity contribution in [3.63, 3.8) is 0 Å². The van der Waals surface area contributed by atoms with Crippen molar-refractivity contribution in [2.24, 2.45) is 0 Å². The van der Waals surface area contributed by atoms with Gasteiger partial charge in [0.2, 0.25) is 0 Å². The number of thiophene rings is 1. The third kappa shape index (κ3) is 4.15. The number of rotatable bonds is 5. The molecule has 0 spiro atoms. The van der Waals surface area contributed by atoms with E-state index in [2.05, 4.69) is 37.6 Å². The van der Waals surface area contributed by atoms with Crippen molar-refractivity contribution in [1.29, 1.82) is 0 Å². The summed E-state index contributed by atoms with van der Waals surface area (Å²) in [6.07, 6.45) is 0. The number of benzene rings is 1. The number of likely N-dealkylation sites (N-methyl/N-ethyl adjacent to an activating group) is 1. The van der Waals surface area contributed by atoms with Crippen LogP contribution >= 0.6 is 27.3 Å². The Morgan fingerprint density at radius 1 is 1.38 bits per heavy atom. The quantitative estimate of drug-likeness (QED) is 0.871. The summed E-state index contributed by atoms with van der Waals surface area (Å²) in [7, 11) is 4.05. The van der Waals surface area contributed by atoms with Gasteiger partial charge in [-0.25, -0.2) is 0 Å². The fraction of sp³-hybridized carbons (Fsp3) is 0.312. The van der Waals surface area contributed by atoms with Gasteiger partial charge in [0.25, 0.3) is 5.91 Å². The van der Waals surface area contributed by atoms with Crippen molar-refractivity contribution in [2.45, 2.75) is 13.0 Å². The molecule has 0 saturated carbocycles. The van der Waals surface area contributed by atoms with Crippen LogP contribution in [0.2, 0.25) is 0 Å². The zero-order chi connectivity index (χ0) is 15.4. The van der Waals surface area contributed by atoms with Crippen LogP contribution < -0.4 is 5.32 Å². The number of nitrogens with zero attached hydrogens (tertiary/aromatic N) is 1. The number of aryl methyl sites for hydroxylation is 1. The minimum atomic E-state index is -0.0425. The highest BCUT2D eigenvalue weighted by molar-refractivity contribution is 9.10. The van der Waals surface area contributed by atoms with E-state index in [0.29, 0.717) is 12.1 Å². The second-order valence-corrected chi connectivity index (χ2v) is 7.00. The van der Waals surface area contributed by atoms with Crippen LogP contribution in [0.4, 0.5) is 0 Å². The third-order valence-electron chi connectivity index (χ3n) is 3.38. The van der Waals surface area contributed by atoms with E-state index in [1.807, 2.05) is 45.3 Å². The molecule has 0 bridgehead atoms. The molecule has 1 aromatic carbocycles. The third-order valence-corrected chi connectivity index (χ3v) is 5.21. The summed E-state index contributed by atoms with van der Waals surface area (Å²) < 4.78 is 0.956. The minimum Gasteiger partial charge on any atom is -0.350 e. The van der Waals surface area contributed by atoms with Crippen LogP contribution in [0.1, 0.15) is 26.8 Å². The van der Waals surface area contributed by atoms with Crippen LogP contribution in [0.25, 0.3) is 0 Å². The Bertz CT molecular complexity index is 611. The molecule has 1 amide bonds. The molecule has 5 heteroatoms. The number of hydrogen-bond donors (Lipinski definition) is 1. The summed E-state index contributed by atoms with van der Waals surface area (Å²) in [6.45, 7) is 2.60. The highest BCUT2D eigenvalue weighted by atomic mass is 79.9. The first-order valence-electron chi connectivity index (χ1n) is 6.73. The molecule has 21 heavy (non-hydrogen) atoms. The number of nitrogens with one attached hydrogen (secondary N) is 1. The van der Waals surface area contributed by atoms with Crippen molar-refractivity contribution in [1.82, 2.24) is 10.2 Å². The largest absolute Gasteiger partial charge is 0.350 e. The topological polar surface area (TPSA) is 32.3 Å². The number of carbonyl (C=O) groups excluding carboxylic acids is 1. The van der Waals surface area contributed by atoms with Gasteiger partial charge >= 0.3 is 0 Å². The normalized spacial score (nSPS) is 12.4. The Labute approximate surface area is 138 Å². The molecule has 2 aromatic rings. The van der Waals surface area contributed by atoms with E-state index in [9.17, 15) is 4.79 Å². The van der Waals surface area contributed by atoms with E-state index < -0.39 is 0 Å². The summed E-state index contributed by atoms with van der Waals surface area (Å²) in [4.78, 5) is 15.6. The summed E-state index contributed by atoms with van der Waals surface area (Å²) in [5.41, 5.74) is 1.80. The predicted octanol–water partition coefficient (Wildman–Crippen LogP) is 3.85. The average Bonchev–Trinajstić information content (AvgIpc) is 2.95. The van der Waals surface area contributed by atoms with Crippen molar-refractivity contribution >= 4 is 33.2 Å². The van der Waals surface area contributed by atoms with Crippen molar-refractivity contribution in [3.8, 4) is 0 Å². The lowest BCUT2D eigenvalue weighted by molar-refractivity contribution is 0.0942. The maximum absolute atomic E-state index is 12.3. The first-order chi connectivity index (χ1) is 9.99. The molecular formula is C16H19BrN2OS. The van der Waals surface area contributed by atoms with E-state index in [1.54, 1.807) is 11.3 Å². The summed E-state index contributed by atoms with van der Waals surface area (Å²) in [5, 5.41) is 5.08. The van der Waals surface area contributed by atoms with Crippen LogP contribution in [0, 0.1) is 6.92 Å². The molecule has 0 aliphatic rings. The molecule has 1 atom stereocenters. The van der Waals surface area contributed by atoms with Crippen LogP contribution in [0.3, 0.4) is 0 Å². The summed E-state index contributed by atoms with van der Waals surface area (Å²) in [5.74, 6) is -0.0425. The van der Waals surface area contributed by atoms with Crippen molar-refractivity contribution in [3.05, 3.63) is 56.2 Å². The molecule has 1 unspecified atom stereocenters. The summed E-state index contributed by atoms with van der Waals surface area (Å²) >= 11 is 5.17. The number of carbonyl (C=O) groups is 1. The molecule has 1 N–H and O–H groups in total. The lowest BCUT2D eigenvalue weighted by Gasteiger charge is -2.23. The van der Waals surface area contributed by atoms with E-state index in [0.717, 1.165) is 10.0 Å². The van der Waals surface area contributed by atoms with E-state index in [4.69, 9.17) is 0 Å². The van der Waals surface area contributed by atoms with E-state index >= 15 is 0 Å². The number of halogens is 1. The zero-order valence-electron chi connectivity index (χ0n) is 12.4. The van der Waals surface area contributed by atoms with Gasteiger partial charge in [0.05, 0.1) is 6.04 Å². The van der Waals surface area contributed by atoms with Gasteiger partial charge in [-0.3, -0.25) is 4.79 Å². The first-order valence-corrected chi connectivity index (χ1v) is 8.40. The van der Waals surface area contributed by atoms with E-state index in [1.165, 1.54) is 4.88 Å². The molecule has 0 saturated heterocycles. The zero-order valence-corrected chi connectivity index (χ0v) is 14.8. The van der Waals surface area contributed by atoms with Crippen LogP contribution in [-0.2, 0) is 0 Å². The maximum Gasteiger partial charge on any atom is 0.251 e. The van der Waals surface area contributed by atoms with Crippen molar-refractivity contribution in [2.75, 3.05) is 20.6 Å². The number of hydrogen-bond acceptors (Lipinski definition) is 3. The highest BCUT2D eigenvalue weighted by Crippen LogP contribution is 2.22. The van der Waals surface area contributed by atoms with Crippen LogP contribution in [0.5, 0.6) is 0 Å². The average molecular weight is 367 g/mol. The second-order valence-electron chi connectivity index (χ2n) is 5.17. The molecule has 0 aliphatic heterocycles. The minimum absolute atomic E-state index is 0.0425. The molecule has 0 aliphatic carbocycles. The molecule has 2 rings (SSSR count). The molecule has 1 aromatic heterocycles. The predicted molar refractivity (Wildman–Crippen MR) is 92.0 cm³/mol. The molecule has 0 fully saturated rings. The standard InChI is InChI=1S/C16H19BrN2OS/c1-11-6-7-12(9-13(11)17)16(20)18-10-14(19(2)3)15-5-4-8-21-15/h4-9,14H,10H2,1-3H3,(H,18,20). The SMILES string of the molecule is Cc1ccc(C(=O)NCC(c2cccs2)N(C)C)cc1Br. The molecular weight excluding hydrogens is 348 g/mol. The fourth-order valence-corrected chi connectivity index (χ4v) is 3.35. The van der Waals surface area contributed by atoms with Gasteiger partial charge in [-0.05, 0) is 50.2 Å².